The molecule has 3 nitrogen and oxygen atoms in total. The monoisotopic (exact) mass is 217 g/mol. The minimum Gasteiger partial charge on any atom is -0.375 e. The third-order valence-corrected chi connectivity index (χ3v) is 3.06. The van der Waals surface area contributed by atoms with Crippen LogP contribution in [0.25, 0.3) is 10.6 Å². The van der Waals surface area contributed by atoms with E-state index in [2.05, 4.69) is 9.97 Å². The summed E-state index contributed by atoms with van der Waals surface area (Å²) >= 11 is 8.48. The molecule has 0 unspecified atom stereocenters. The van der Waals surface area contributed by atoms with Gasteiger partial charge in [-0.2, -0.15) is 0 Å². The zero-order chi connectivity index (χ0) is 8.55. The normalized spacial score (nSPS) is 10.4. The maximum absolute atomic E-state index is 5.67. The van der Waals surface area contributed by atoms with Crippen LogP contribution in [0.3, 0.4) is 0 Å². The topological polar surface area (TPSA) is 51.8 Å². The Labute approximate surface area is 81.9 Å². The molecule has 2 heterocycles. The van der Waals surface area contributed by atoms with Crippen molar-refractivity contribution in [3.8, 4) is 10.6 Å². The third kappa shape index (κ3) is 1.43. The third-order valence-electron chi connectivity index (χ3n) is 1.25. The summed E-state index contributed by atoms with van der Waals surface area (Å²) in [5, 5.41) is 2.45. The summed E-state index contributed by atoms with van der Waals surface area (Å²) in [6, 6.07) is 0. The van der Waals surface area contributed by atoms with Gasteiger partial charge in [-0.1, -0.05) is 11.6 Å². The Morgan fingerprint density at radius 2 is 2.33 bits per heavy atom. The average molecular weight is 218 g/mol. The van der Waals surface area contributed by atoms with E-state index in [9.17, 15) is 0 Å². The first-order valence-corrected chi connectivity index (χ1v) is 5.16. The Morgan fingerprint density at radius 3 is 2.83 bits per heavy atom. The molecule has 0 atom stereocenters. The molecule has 0 aliphatic heterocycles. The number of halogens is 1. The van der Waals surface area contributed by atoms with Crippen molar-refractivity contribution in [3.05, 3.63) is 16.0 Å². The van der Waals surface area contributed by atoms with Gasteiger partial charge in [-0.3, -0.25) is 0 Å². The molecule has 62 valence electrons. The number of aromatic nitrogens is 2. The molecule has 2 aromatic heterocycles. The van der Waals surface area contributed by atoms with Crippen LogP contribution in [0.5, 0.6) is 0 Å². The summed E-state index contributed by atoms with van der Waals surface area (Å²) < 4.78 is 0.525. The molecule has 0 fully saturated rings. The zero-order valence-corrected chi connectivity index (χ0v) is 8.21. The molecule has 0 saturated heterocycles. The average Bonchev–Trinajstić information content (AvgIpc) is 2.58. The molecule has 0 aliphatic carbocycles. The zero-order valence-electron chi connectivity index (χ0n) is 5.82. The fraction of sp³-hybridized carbons (Fsp3) is 0. The fourth-order valence-electron chi connectivity index (χ4n) is 0.772. The lowest BCUT2D eigenvalue weighted by atomic mass is 10.4. The van der Waals surface area contributed by atoms with Crippen LogP contribution >= 0.6 is 34.3 Å². The largest absolute Gasteiger partial charge is 0.375 e. The van der Waals surface area contributed by atoms with E-state index in [1.165, 1.54) is 22.7 Å². The van der Waals surface area contributed by atoms with Gasteiger partial charge < -0.3 is 5.73 Å². The van der Waals surface area contributed by atoms with Gasteiger partial charge >= 0.3 is 0 Å². The van der Waals surface area contributed by atoms with E-state index in [1.807, 2.05) is 5.38 Å². The highest BCUT2D eigenvalue weighted by Gasteiger charge is 2.05. The van der Waals surface area contributed by atoms with Gasteiger partial charge in [-0.05, 0) is 0 Å². The van der Waals surface area contributed by atoms with Crippen LogP contribution in [-0.2, 0) is 0 Å². The molecular formula is C6H4ClN3S2. The van der Waals surface area contributed by atoms with Gasteiger partial charge in [0.05, 0.1) is 10.6 Å². The molecule has 0 bridgehead atoms. The Bertz CT molecular complexity index is 357. The minimum absolute atomic E-state index is 0.525. The molecule has 12 heavy (non-hydrogen) atoms. The van der Waals surface area contributed by atoms with E-state index in [-0.39, 0.29) is 0 Å². The van der Waals surface area contributed by atoms with Crippen molar-refractivity contribution in [1.29, 1.82) is 0 Å². The maximum atomic E-state index is 5.67. The number of thiazole rings is 2. The predicted octanol–water partition coefficient (Wildman–Crippen LogP) is 2.50. The Balaban J connectivity index is 2.43. The SMILES string of the molecule is Nc1nc(-c2cnc(Cl)s2)cs1. The number of hydrogen-bond donors (Lipinski definition) is 1. The molecule has 0 aliphatic rings. The molecule has 0 amide bonds. The van der Waals surface area contributed by atoms with E-state index < -0.39 is 0 Å². The van der Waals surface area contributed by atoms with Crippen LogP contribution in [0.15, 0.2) is 11.6 Å². The maximum Gasteiger partial charge on any atom is 0.184 e. The summed E-state index contributed by atoms with van der Waals surface area (Å²) in [4.78, 5) is 8.96. The highest BCUT2D eigenvalue weighted by atomic mass is 35.5. The van der Waals surface area contributed by atoms with Crippen molar-refractivity contribution in [1.82, 2.24) is 9.97 Å². The first kappa shape index (κ1) is 7.97. The molecule has 0 spiro atoms. The van der Waals surface area contributed by atoms with Crippen molar-refractivity contribution < 1.29 is 0 Å². The first-order valence-electron chi connectivity index (χ1n) is 3.08. The van der Waals surface area contributed by atoms with E-state index in [4.69, 9.17) is 17.3 Å². The second kappa shape index (κ2) is 3.01. The van der Waals surface area contributed by atoms with E-state index in [0.29, 0.717) is 9.60 Å². The van der Waals surface area contributed by atoms with Crippen molar-refractivity contribution in [2.24, 2.45) is 0 Å². The van der Waals surface area contributed by atoms with E-state index in [1.54, 1.807) is 6.20 Å². The number of anilines is 1. The number of rotatable bonds is 1. The smallest absolute Gasteiger partial charge is 0.184 e. The highest BCUT2D eigenvalue weighted by molar-refractivity contribution is 7.19. The summed E-state index contributed by atoms with van der Waals surface area (Å²) in [6.45, 7) is 0. The fourth-order valence-corrected chi connectivity index (χ4v) is 2.31. The highest BCUT2D eigenvalue weighted by Crippen LogP contribution is 2.29. The first-order chi connectivity index (χ1) is 5.75. The lowest BCUT2D eigenvalue weighted by Crippen LogP contribution is -1.80. The van der Waals surface area contributed by atoms with E-state index in [0.717, 1.165) is 10.6 Å². The minimum atomic E-state index is 0.525. The number of hydrogen-bond acceptors (Lipinski definition) is 5. The molecule has 2 rings (SSSR count). The Kier molecular flexibility index (Phi) is 2.00. The van der Waals surface area contributed by atoms with Gasteiger partial charge in [0.2, 0.25) is 0 Å². The van der Waals surface area contributed by atoms with Crippen LogP contribution in [0.4, 0.5) is 5.13 Å². The lowest BCUT2D eigenvalue weighted by molar-refractivity contribution is 1.39. The predicted molar refractivity (Wildman–Crippen MR) is 52.6 cm³/mol. The molecule has 2 aromatic rings. The van der Waals surface area contributed by atoms with Crippen molar-refractivity contribution in [2.45, 2.75) is 0 Å². The number of nitrogens with zero attached hydrogens (tertiary/aromatic N) is 2. The lowest BCUT2D eigenvalue weighted by Gasteiger charge is -1.83. The Hall–Kier alpha value is -0.650. The van der Waals surface area contributed by atoms with Crippen LogP contribution in [0.1, 0.15) is 0 Å². The molecular weight excluding hydrogens is 214 g/mol. The standard InChI is InChI=1S/C6H4ClN3S2/c7-5-9-1-4(12-5)3-2-11-6(8)10-3/h1-2H,(H2,8,10). The summed E-state index contributed by atoms with van der Waals surface area (Å²) in [5.74, 6) is 0. The number of nitrogens with two attached hydrogens (primary N) is 1. The van der Waals surface area contributed by atoms with Gasteiger partial charge in [0.1, 0.15) is 0 Å². The quantitative estimate of drug-likeness (QED) is 0.799. The molecule has 0 saturated carbocycles. The second-order valence-corrected chi connectivity index (χ2v) is 4.55. The van der Waals surface area contributed by atoms with Crippen molar-refractivity contribution >= 4 is 39.4 Å². The van der Waals surface area contributed by atoms with Gasteiger partial charge in [-0.15, -0.1) is 22.7 Å². The summed E-state index contributed by atoms with van der Waals surface area (Å²) in [5.41, 5.74) is 6.33. The number of nitrogen functional groups attached to an aromatic ring is 1. The van der Waals surface area contributed by atoms with Gasteiger partial charge in [0.25, 0.3) is 0 Å². The molecule has 2 N–H and O–H groups in total. The van der Waals surface area contributed by atoms with Crippen LogP contribution in [0, 0.1) is 0 Å². The van der Waals surface area contributed by atoms with E-state index >= 15 is 0 Å². The van der Waals surface area contributed by atoms with Gasteiger partial charge in [0.15, 0.2) is 9.60 Å². The molecule has 0 radical (unpaired) electrons. The summed E-state index contributed by atoms with van der Waals surface area (Å²) in [7, 11) is 0. The van der Waals surface area contributed by atoms with Crippen LogP contribution in [-0.4, -0.2) is 9.97 Å². The van der Waals surface area contributed by atoms with Crippen molar-refractivity contribution in [2.75, 3.05) is 5.73 Å². The van der Waals surface area contributed by atoms with Gasteiger partial charge in [-0.25, -0.2) is 9.97 Å². The Morgan fingerprint density at radius 1 is 1.50 bits per heavy atom. The second-order valence-electron chi connectivity index (χ2n) is 2.05. The molecule has 0 aromatic carbocycles. The van der Waals surface area contributed by atoms with Crippen molar-refractivity contribution in [3.63, 3.8) is 0 Å². The molecule has 6 heteroatoms. The van der Waals surface area contributed by atoms with Gasteiger partial charge in [0, 0.05) is 11.6 Å². The van der Waals surface area contributed by atoms with Crippen LogP contribution < -0.4 is 5.73 Å². The van der Waals surface area contributed by atoms with Crippen LogP contribution in [0.2, 0.25) is 4.47 Å². The summed E-state index contributed by atoms with van der Waals surface area (Å²) in [6.07, 6.45) is 1.70.